The highest BCUT2D eigenvalue weighted by atomic mass is 16.5. The molecule has 116 valence electrons. The molecule has 22 heavy (non-hydrogen) atoms. The van der Waals surface area contributed by atoms with Gasteiger partial charge in [-0.05, 0) is 43.6 Å². The fourth-order valence-electron chi connectivity index (χ4n) is 3.73. The SMILES string of the molecule is CN(C(=O)C[C@H]1OC(=O)c2ccccc21)C(C1CC1)C1CC1. The molecule has 2 fully saturated rings. The van der Waals surface area contributed by atoms with Crippen LogP contribution in [0.25, 0.3) is 0 Å². The lowest BCUT2D eigenvalue weighted by Crippen LogP contribution is -2.40. The second-order valence-corrected chi connectivity index (χ2v) is 6.86. The Labute approximate surface area is 130 Å². The lowest BCUT2D eigenvalue weighted by molar-refractivity contribution is -0.135. The maximum atomic E-state index is 12.7. The summed E-state index contributed by atoms with van der Waals surface area (Å²) in [5.41, 5.74) is 1.45. The number of ether oxygens (including phenoxy) is 1. The van der Waals surface area contributed by atoms with Crippen molar-refractivity contribution in [3.05, 3.63) is 35.4 Å². The van der Waals surface area contributed by atoms with Gasteiger partial charge in [0.2, 0.25) is 5.91 Å². The molecule has 0 saturated heterocycles. The minimum absolute atomic E-state index is 0.0957. The molecular formula is C18H21NO3. The van der Waals surface area contributed by atoms with E-state index in [1.807, 2.05) is 30.1 Å². The fraction of sp³-hybridized carbons (Fsp3) is 0.556. The van der Waals surface area contributed by atoms with Gasteiger partial charge in [0, 0.05) is 18.7 Å². The summed E-state index contributed by atoms with van der Waals surface area (Å²) in [7, 11) is 1.92. The monoisotopic (exact) mass is 299 g/mol. The maximum Gasteiger partial charge on any atom is 0.339 e. The van der Waals surface area contributed by atoms with E-state index in [1.165, 1.54) is 25.7 Å². The molecule has 2 saturated carbocycles. The van der Waals surface area contributed by atoms with Crippen LogP contribution >= 0.6 is 0 Å². The predicted molar refractivity (Wildman–Crippen MR) is 81.2 cm³/mol. The van der Waals surface area contributed by atoms with Crippen molar-refractivity contribution in [2.75, 3.05) is 7.05 Å². The Kier molecular flexibility index (Phi) is 3.21. The number of fused-ring (bicyclic) bond motifs is 1. The van der Waals surface area contributed by atoms with Crippen molar-refractivity contribution in [1.82, 2.24) is 4.90 Å². The zero-order valence-corrected chi connectivity index (χ0v) is 12.8. The molecule has 4 nitrogen and oxygen atoms in total. The maximum absolute atomic E-state index is 12.7. The molecule has 4 heteroatoms. The third-order valence-corrected chi connectivity index (χ3v) is 5.19. The van der Waals surface area contributed by atoms with Crippen LogP contribution in [0, 0.1) is 11.8 Å². The Morgan fingerprint density at radius 1 is 1.23 bits per heavy atom. The molecule has 0 N–H and O–H groups in total. The minimum atomic E-state index is -0.419. The Hall–Kier alpha value is -1.84. The predicted octanol–water partition coefficient (Wildman–Crippen LogP) is 2.94. The van der Waals surface area contributed by atoms with Crippen LogP contribution in [0.1, 0.15) is 54.1 Å². The normalized spacial score (nSPS) is 23.4. The number of benzene rings is 1. The van der Waals surface area contributed by atoms with E-state index in [1.54, 1.807) is 6.07 Å². The van der Waals surface area contributed by atoms with E-state index in [0.29, 0.717) is 23.4 Å². The lowest BCUT2D eigenvalue weighted by Gasteiger charge is -2.29. The van der Waals surface area contributed by atoms with Crippen molar-refractivity contribution in [3.8, 4) is 0 Å². The van der Waals surface area contributed by atoms with E-state index in [0.717, 1.165) is 5.56 Å². The van der Waals surface area contributed by atoms with Crippen LogP contribution < -0.4 is 0 Å². The molecule has 4 rings (SSSR count). The number of hydrogen-bond donors (Lipinski definition) is 0. The summed E-state index contributed by atoms with van der Waals surface area (Å²) in [5, 5.41) is 0. The number of rotatable bonds is 5. The molecule has 0 unspecified atom stereocenters. The number of esters is 1. The van der Waals surface area contributed by atoms with Crippen LogP contribution in [-0.4, -0.2) is 29.9 Å². The van der Waals surface area contributed by atoms with E-state index in [9.17, 15) is 9.59 Å². The third-order valence-electron chi connectivity index (χ3n) is 5.19. The van der Waals surface area contributed by atoms with Crippen LogP contribution in [0.4, 0.5) is 0 Å². The van der Waals surface area contributed by atoms with Gasteiger partial charge in [-0.1, -0.05) is 18.2 Å². The summed E-state index contributed by atoms with van der Waals surface area (Å²) < 4.78 is 5.40. The van der Waals surface area contributed by atoms with Crippen LogP contribution in [0.5, 0.6) is 0 Å². The van der Waals surface area contributed by atoms with Gasteiger partial charge < -0.3 is 9.64 Å². The summed E-state index contributed by atoms with van der Waals surface area (Å²) in [6.07, 6.45) is 4.84. The zero-order chi connectivity index (χ0) is 15.3. The molecule has 1 heterocycles. The van der Waals surface area contributed by atoms with Gasteiger partial charge in [0.1, 0.15) is 6.10 Å². The van der Waals surface area contributed by atoms with E-state index >= 15 is 0 Å². The Bertz CT molecular complexity index is 607. The van der Waals surface area contributed by atoms with Gasteiger partial charge >= 0.3 is 5.97 Å². The molecule has 1 atom stereocenters. The van der Waals surface area contributed by atoms with Crippen molar-refractivity contribution in [1.29, 1.82) is 0 Å². The van der Waals surface area contributed by atoms with Crippen molar-refractivity contribution in [3.63, 3.8) is 0 Å². The second-order valence-electron chi connectivity index (χ2n) is 6.86. The van der Waals surface area contributed by atoms with Crippen LogP contribution in [0.15, 0.2) is 24.3 Å². The van der Waals surface area contributed by atoms with Gasteiger partial charge in [-0.2, -0.15) is 0 Å². The largest absolute Gasteiger partial charge is 0.453 e. The number of amides is 1. The first-order valence-corrected chi connectivity index (χ1v) is 8.20. The van der Waals surface area contributed by atoms with Crippen molar-refractivity contribution >= 4 is 11.9 Å². The van der Waals surface area contributed by atoms with Gasteiger partial charge in [-0.3, -0.25) is 4.79 Å². The van der Waals surface area contributed by atoms with Gasteiger partial charge in [-0.25, -0.2) is 4.79 Å². The lowest BCUT2D eigenvalue weighted by atomic mass is 10.0. The summed E-state index contributed by atoms with van der Waals surface area (Å²) in [5.74, 6) is 1.18. The Balaban J connectivity index is 1.47. The molecule has 0 aromatic heterocycles. The molecule has 1 aromatic rings. The quantitative estimate of drug-likeness (QED) is 0.785. The number of hydrogen-bond acceptors (Lipinski definition) is 3. The second kappa shape index (κ2) is 5.11. The van der Waals surface area contributed by atoms with Crippen molar-refractivity contribution in [2.45, 2.75) is 44.2 Å². The third kappa shape index (κ3) is 2.40. The van der Waals surface area contributed by atoms with Gasteiger partial charge in [0.25, 0.3) is 0 Å². The standard InChI is InChI=1S/C18H21NO3/c1-19(17(11-6-7-11)12-8-9-12)16(20)10-15-13-4-2-3-5-14(13)18(21)22-15/h2-5,11-12,15,17H,6-10H2,1H3/t15-/m1/s1. The number of carbonyl (C=O) groups excluding carboxylic acids is 2. The van der Waals surface area contributed by atoms with Gasteiger partial charge in [-0.15, -0.1) is 0 Å². The average Bonchev–Trinajstić information content (AvgIpc) is 3.42. The molecule has 3 aliphatic rings. The summed E-state index contributed by atoms with van der Waals surface area (Å²) in [6, 6.07) is 7.77. The van der Waals surface area contributed by atoms with Crippen LogP contribution in [-0.2, 0) is 9.53 Å². The molecule has 0 spiro atoms. The zero-order valence-electron chi connectivity index (χ0n) is 12.8. The number of nitrogens with zero attached hydrogens (tertiary/aromatic N) is 1. The van der Waals surface area contributed by atoms with Gasteiger partial charge in [0.05, 0.1) is 12.0 Å². The van der Waals surface area contributed by atoms with Crippen LogP contribution in [0.2, 0.25) is 0 Å². The fourth-order valence-corrected chi connectivity index (χ4v) is 3.73. The Morgan fingerprint density at radius 2 is 1.86 bits per heavy atom. The molecule has 1 aliphatic heterocycles. The number of carbonyl (C=O) groups is 2. The molecule has 0 bridgehead atoms. The highest BCUT2D eigenvalue weighted by Crippen LogP contribution is 2.47. The molecule has 1 amide bonds. The van der Waals surface area contributed by atoms with Crippen molar-refractivity contribution < 1.29 is 14.3 Å². The molecule has 2 aliphatic carbocycles. The van der Waals surface area contributed by atoms with E-state index in [2.05, 4.69) is 0 Å². The summed E-state index contributed by atoms with van der Waals surface area (Å²) in [6.45, 7) is 0. The average molecular weight is 299 g/mol. The van der Waals surface area contributed by atoms with E-state index < -0.39 is 6.10 Å². The van der Waals surface area contributed by atoms with Gasteiger partial charge in [0.15, 0.2) is 0 Å². The number of cyclic esters (lactones) is 1. The highest BCUT2D eigenvalue weighted by molar-refractivity contribution is 5.94. The van der Waals surface area contributed by atoms with E-state index in [-0.39, 0.29) is 18.3 Å². The molecule has 1 aromatic carbocycles. The first kappa shape index (κ1) is 13.8. The highest BCUT2D eigenvalue weighted by Gasteiger charge is 2.45. The topological polar surface area (TPSA) is 46.6 Å². The van der Waals surface area contributed by atoms with E-state index in [4.69, 9.17) is 4.74 Å². The first-order valence-electron chi connectivity index (χ1n) is 8.20. The smallest absolute Gasteiger partial charge is 0.339 e. The van der Waals surface area contributed by atoms with Crippen molar-refractivity contribution in [2.24, 2.45) is 11.8 Å². The first-order chi connectivity index (χ1) is 10.6. The van der Waals surface area contributed by atoms with Crippen LogP contribution in [0.3, 0.4) is 0 Å². The Morgan fingerprint density at radius 3 is 2.50 bits per heavy atom. The minimum Gasteiger partial charge on any atom is -0.453 e. The molecule has 0 radical (unpaired) electrons. The summed E-state index contributed by atoms with van der Waals surface area (Å²) in [4.78, 5) is 26.4. The molecular weight excluding hydrogens is 278 g/mol. The summed E-state index contributed by atoms with van der Waals surface area (Å²) >= 11 is 0.